The van der Waals surface area contributed by atoms with Crippen molar-refractivity contribution in [3.8, 4) is 22.3 Å². The topological polar surface area (TPSA) is 12.0 Å². The lowest BCUT2D eigenvalue weighted by Crippen LogP contribution is -1.94. The number of fused-ring (bicyclic) bond motifs is 4. The number of rotatable bonds is 4. The number of thiophene rings is 1. The molecule has 0 saturated carbocycles. The Morgan fingerprint density at radius 2 is 1.14 bits per heavy atom. The van der Waals surface area contributed by atoms with Gasteiger partial charge in [-0.2, -0.15) is 0 Å². The molecule has 170 valence electrons. The van der Waals surface area contributed by atoms with Gasteiger partial charge in [-0.3, -0.25) is 0 Å². The molecule has 1 heterocycles. The maximum Gasteiger partial charge on any atom is 0.0464 e. The van der Waals surface area contributed by atoms with Gasteiger partial charge in [0.2, 0.25) is 0 Å². The van der Waals surface area contributed by atoms with Gasteiger partial charge in [-0.05, 0) is 63.9 Å². The van der Waals surface area contributed by atoms with Crippen LogP contribution in [0.25, 0.3) is 53.2 Å². The molecule has 1 nitrogen and oxygen atoms in total. The van der Waals surface area contributed by atoms with Gasteiger partial charge in [0.15, 0.2) is 0 Å². The molecule has 0 radical (unpaired) electrons. The summed E-state index contributed by atoms with van der Waals surface area (Å²) in [6, 6.07) is 47.9. The average molecular weight is 478 g/mol. The maximum absolute atomic E-state index is 3.71. The molecule has 0 amide bonds. The van der Waals surface area contributed by atoms with Crippen LogP contribution in [0.3, 0.4) is 0 Å². The third-order valence-electron chi connectivity index (χ3n) is 6.86. The molecule has 0 fully saturated rings. The molecule has 2 heteroatoms. The standard InChI is InChI=1S/C34H23NS/c1-2-13-27-23(9-1)10-8-16-28(27)29-14-3-5-17-32(29)35-26-12-7-11-24(21-26)25-19-20-34-31(22-25)30-15-4-6-18-33(30)36-34/h1-22,35H. The van der Waals surface area contributed by atoms with Crippen molar-refractivity contribution in [3.63, 3.8) is 0 Å². The zero-order valence-corrected chi connectivity index (χ0v) is 20.4. The van der Waals surface area contributed by atoms with Crippen LogP contribution in [0.15, 0.2) is 133 Å². The molecule has 7 rings (SSSR count). The van der Waals surface area contributed by atoms with Crippen molar-refractivity contribution in [2.45, 2.75) is 0 Å². The third kappa shape index (κ3) is 3.64. The Bertz CT molecular complexity index is 1870. The van der Waals surface area contributed by atoms with Gasteiger partial charge >= 0.3 is 0 Å². The summed E-state index contributed by atoms with van der Waals surface area (Å²) < 4.78 is 2.67. The summed E-state index contributed by atoms with van der Waals surface area (Å²) in [5, 5.41) is 8.88. The highest BCUT2D eigenvalue weighted by Crippen LogP contribution is 2.38. The normalized spacial score (nSPS) is 11.3. The van der Waals surface area contributed by atoms with E-state index in [4.69, 9.17) is 0 Å². The van der Waals surface area contributed by atoms with Crippen LogP contribution in [0.4, 0.5) is 11.4 Å². The Morgan fingerprint density at radius 1 is 0.444 bits per heavy atom. The fourth-order valence-electron chi connectivity index (χ4n) is 5.12. The van der Waals surface area contributed by atoms with E-state index >= 15 is 0 Å². The molecule has 0 atom stereocenters. The molecule has 0 aliphatic heterocycles. The SMILES string of the molecule is c1cc(Nc2ccccc2-c2cccc3ccccc23)cc(-c2ccc3sc4ccccc4c3c2)c1. The zero-order chi connectivity index (χ0) is 23.9. The second-order valence-electron chi connectivity index (χ2n) is 9.09. The number of benzene rings is 6. The molecular weight excluding hydrogens is 454 g/mol. The van der Waals surface area contributed by atoms with Crippen LogP contribution in [-0.2, 0) is 0 Å². The van der Waals surface area contributed by atoms with E-state index in [0.29, 0.717) is 0 Å². The van der Waals surface area contributed by atoms with E-state index in [1.54, 1.807) is 0 Å². The summed E-state index contributed by atoms with van der Waals surface area (Å²) in [6.07, 6.45) is 0. The van der Waals surface area contributed by atoms with Crippen LogP contribution in [0, 0.1) is 0 Å². The van der Waals surface area contributed by atoms with Gasteiger partial charge in [-0.15, -0.1) is 11.3 Å². The largest absolute Gasteiger partial charge is 0.355 e. The third-order valence-corrected chi connectivity index (χ3v) is 8.01. The Labute approximate surface area is 214 Å². The Balaban J connectivity index is 1.28. The molecule has 0 bridgehead atoms. The Hall–Kier alpha value is -4.40. The summed E-state index contributed by atoms with van der Waals surface area (Å²) in [5.74, 6) is 0. The minimum atomic E-state index is 1.08. The van der Waals surface area contributed by atoms with E-state index in [2.05, 4.69) is 139 Å². The molecule has 1 aromatic heterocycles. The number of nitrogens with one attached hydrogen (secondary N) is 1. The van der Waals surface area contributed by atoms with Crippen LogP contribution in [0.1, 0.15) is 0 Å². The highest BCUT2D eigenvalue weighted by atomic mass is 32.1. The predicted octanol–water partition coefficient (Wildman–Crippen LogP) is 10.3. The molecule has 0 spiro atoms. The minimum absolute atomic E-state index is 1.08. The number of hydrogen-bond acceptors (Lipinski definition) is 2. The molecule has 0 saturated heterocycles. The summed E-state index contributed by atoms with van der Waals surface area (Å²) in [6.45, 7) is 0. The van der Waals surface area contributed by atoms with Crippen molar-refractivity contribution in [2.75, 3.05) is 5.32 Å². The maximum atomic E-state index is 3.71. The second kappa shape index (κ2) is 8.67. The lowest BCUT2D eigenvalue weighted by molar-refractivity contribution is 1.54. The van der Waals surface area contributed by atoms with Crippen LogP contribution in [0.5, 0.6) is 0 Å². The molecule has 36 heavy (non-hydrogen) atoms. The summed E-state index contributed by atoms with van der Waals surface area (Å²) in [5.41, 5.74) is 7.06. The first kappa shape index (κ1) is 20.9. The molecule has 0 aliphatic carbocycles. The highest BCUT2D eigenvalue weighted by Gasteiger charge is 2.10. The van der Waals surface area contributed by atoms with E-state index in [1.807, 2.05) is 11.3 Å². The predicted molar refractivity (Wildman–Crippen MR) is 157 cm³/mol. The first-order valence-electron chi connectivity index (χ1n) is 12.2. The number of hydrogen-bond donors (Lipinski definition) is 1. The molecule has 7 aromatic rings. The number of para-hydroxylation sites is 1. The fraction of sp³-hybridized carbons (Fsp3) is 0. The highest BCUT2D eigenvalue weighted by molar-refractivity contribution is 7.25. The molecule has 0 unspecified atom stereocenters. The Kier molecular flexibility index (Phi) is 5.04. The summed E-state index contributed by atoms with van der Waals surface area (Å²) in [4.78, 5) is 0. The van der Waals surface area contributed by atoms with Crippen LogP contribution in [0.2, 0.25) is 0 Å². The van der Waals surface area contributed by atoms with Gasteiger partial charge in [0, 0.05) is 37.1 Å². The van der Waals surface area contributed by atoms with Crippen molar-refractivity contribution in [3.05, 3.63) is 133 Å². The van der Waals surface area contributed by atoms with Gasteiger partial charge in [-0.1, -0.05) is 97.1 Å². The van der Waals surface area contributed by atoms with Crippen molar-refractivity contribution < 1.29 is 0 Å². The minimum Gasteiger partial charge on any atom is -0.355 e. The van der Waals surface area contributed by atoms with Gasteiger partial charge in [0.1, 0.15) is 0 Å². The van der Waals surface area contributed by atoms with Gasteiger partial charge < -0.3 is 5.32 Å². The van der Waals surface area contributed by atoms with Crippen molar-refractivity contribution in [1.29, 1.82) is 0 Å². The van der Waals surface area contributed by atoms with Crippen molar-refractivity contribution in [2.24, 2.45) is 0 Å². The van der Waals surface area contributed by atoms with Crippen LogP contribution in [-0.4, -0.2) is 0 Å². The molecule has 1 N–H and O–H groups in total. The van der Waals surface area contributed by atoms with E-state index in [-0.39, 0.29) is 0 Å². The first-order valence-corrected chi connectivity index (χ1v) is 13.0. The summed E-state index contributed by atoms with van der Waals surface area (Å²) >= 11 is 1.86. The first-order chi connectivity index (χ1) is 17.8. The van der Waals surface area contributed by atoms with Crippen molar-refractivity contribution >= 4 is 53.7 Å². The van der Waals surface area contributed by atoms with Gasteiger partial charge in [0.05, 0.1) is 0 Å². The summed E-state index contributed by atoms with van der Waals surface area (Å²) in [7, 11) is 0. The zero-order valence-electron chi connectivity index (χ0n) is 19.6. The Morgan fingerprint density at radius 3 is 2.11 bits per heavy atom. The van der Waals surface area contributed by atoms with Gasteiger partial charge in [0.25, 0.3) is 0 Å². The lowest BCUT2D eigenvalue weighted by atomic mass is 9.97. The van der Waals surface area contributed by atoms with Gasteiger partial charge in [-0.25, -0.2) is 0 Å². The van der Waals surface area contributed by atoms with E-state index in [0.717, 1.165) is 11.4 Å². The molecule has 0 aliphatic rings. The quantitative estimate of drug-likeness (QED) is 0.266. The van der Waals surface area contributed by atoms with E-state index < -0.39 is 0 Å². The average Bonchev–Trinajstić information content (AvgIpc) is 3.31. The second-order valence-corrected chi connectivity index (χ2v) is 10.2. The molecular formula is C34H23NS. The fourth-order valence-corrected chi connectivity index (χ4v) is 6.21. The van der Waals surface area contributed by atoms with Crippen LogP contribution < -0.4 is 5.32 Å². The molecule has 6 aromatic carbocycles. The smallest absolute Gasteiger partial charge is 0.0464 e. The van der Waals surface area contributed by atoms with Crippen molar-refractivity contribution in [1.82, 2.24) is 0 Å². The lowest BCUT2D eigenvalue weighted by Gasteiger charge is -2.15. The van der Waals surface area contributed by atoms with Crippen LogP contribution >= 0.6 is 11.3 Å². The van der Waals surface area contributed by atoms with E-state index in [9.17, 15) is 0 Å². The van der Waals surface area contributed by atoms with E-state index in [1.165, 1.54) is 53.2 Å². The number of anilines is 2. The monoisotopic (exact) mass is 477 g/mol.